The number of amides is 4. The number of hydrogen-bond acceptors (Lipinski definition) is 8. The molecule has 0 aliphatic carbocycles. The zero-order chi connectivity index (χ0) is 25.0. The van der Waals surface area contributed by atoms with Gasteiger partial charge in [0.1, 0.15) is 5.54 Å². The van der Waals surface area contributed by atoms with Gasteiger partial charge in [-0.25, -0.2) is 9.59 Å². The van der Waals surface area contributed by atoms with E-state index in [1.54, 1.807) is 61.5 Å². The van der Waals surface area contributed by atoms with Crippen molar-refractivity contribution in [2.24, 2.45) is 0 Å². The molecule has 0 spiro atoms. The lowest BCUT2D eigenvalue weighted by Crippen LogP contribution is -2.49. The molecule has 0 unspecified atom stereocenters. The predicted molar refractivity (Wildman–Crippen MR) is 121 cm³/mol. The summed E-state index contributed by atoms with van der Waals surface area (Å²) < 4.78 is 6.31. The Balaban J connectivity index is 1.44. The lowest BCUT2D eigenvalue weighted by Gasteiger charge is -2.22. The average molecular weight is 475 g/mol. The molecule has 1 atom stereocenters. The number of nitrogens with zero attached hydrogens (tertiary/aromatic N) is 5. The van der Waals surface area contributed by atoms with E-state index in [1.165, 1.54) is 17.7 Å². The van der Waals surface area contributed by atoms with Gasteiger partial charge in [0.2, 0.25) is 0 Å². The number of esters is 1. The number of rotatable bonds is 7. The average Bonchev–Trinajstić information content (AvgIpc) is 3.38. The monoisotopic (exact) mass is 475 g/mol. The zero-order valence-corrected chi connectivity index (χ0v) is 18.8. The fourth-order valence-corrected chi connectivity index (χ4v) is 3.44. The molecular weight excluding hydrogens is 454 g/mol. The number of tetrazole rings is 1. The number of nitrogens with one attached hydrogen (secondary N) is 2. The van der Waals surface area contributed by atoms with Crippen molar-refractivity contribution in [1.29, 1.82) is 0 Å². The van der Waals surface area contributed by atoms with Gasteiger partial charge in [-0.1, -0.05) is 60.7 Å². The van der Waals surface area contributed by atoms with Crippen LogP contribution in [0.4, 0.5) is 4.79 Å². The number of benzene rings is 2. The molecule has 4 rings (SSSR count). The van der Waals surface area contributed by atoms with Crippen LogP contribution in [0.2, 0.25) is 0 Å². The first-order chi connectivity index (χ1) is 16.8. The first-order valence-corrected chi connectivity index (χ1v) is 10.5. The summed E-state index contributed by atoms with van der Waals surface area (Å²) in [6, 6.07) is 16.7. The molecule has 1 aliphatic rings. The maximum Gasteiger partial charge on any atom is 0.357 e. The summed E-state index contributed by atoms with van der Waals surface area (Å²) >= 11 is 0. The number of aryl methyl sites for hydroxylation is 1. The molecule has 12 nitrogen and oxygen atoms in total. The fourth-order valence-electron chi connectivity index (χ4n) is 3.44. The Bertz CT molecular complexity index is 1310. The highest BCUT2D eigenvalue weighted by atomic mass is 16.5. The predicted octanol–water partition coefficient (Wildman–Crippen LogP) is 1.02. The Morgan fingerprint density at radius 3 is 2.37 bits per heavy atom. The molecule has 3 aromatic rings. The lowest BCUT2D eigenvalue weighted by molar-refractivity contribution is -0.146. The van der Waals surface area contributed by atoms with Crippen LogP contribution < -0.4 is 10.7 Å². The van der Waals surface area contributed by atoms with Crippen LogP contribution in [-0.2, 0) is 24.7 Å². The Labute approximate surface area is 199 Å². The highest BCUT2D eigenvalue weighted by molar-refractivity contribution is 6.15. The maximum absolute atomic E-state index is 12.9. The summed E-state index contributed by atoms with van der Waals surface area (Å²) in [5, 5.41) is 14.2. The van der Waals surface area contributed by atoms with E-state index in [2.05, 4.69) is 26.3 Å². The molecule has 35 heavy (non-hydrogen) atoms. The summed E-state index contributed by atoms with van der Waals surface area (Å²) in [4.78, 5) is 50.5. The third-order valence-electron chi connectivity index (χ3n) is 5.28. The molecule has 1 fully saturated rings. The fraction of sp³-hybridized carbons (Fsp3) is 0.174. The number of imide groups is 1. The van der Waals surface area contributed by atoms with Gasteiger partial charge in [-0.2, -0.15) is 9.69 Å². The molecule has 4 amide bonds. The summed E-state index contributed by atoms with van der Waals surface area (Å²) in [6.07, 6.45) is 1.51. The second kappa shape index (κ2) is 9.55. The second-order valence-corrected chi connectivity index (χ2v) is 7.75. The van der Waals surface area contributed by atoms with Crippen LogP contribution >= 0.6 is 0 Å². The third-order valence-corrected chi connectivity index (χ3v) is 5.28. The molecule has 0 bridgehead atoms. The smallest absolute Gasteiger partial charge is 0.357 e. The summed E-state index contributed by atoms with van der Waals surface area (Å²) in [5.41, 5.74) is 2.03. The van der Waals surface area contributed by atoms with Gasteiger partial charge < -0.3 is 10.1 Å². The van der Waals surface area contributed by atoms with Gasteiger partial charge in [-0.15, -0.1) is 5.10 Å². The molecule has 0 saturated carbocycles. The van der Waals surface area contributed by atoms with Gasteiger partial charge in [0.25, 0.3) is 11.8 Å². The molecule has 2 aromatic carbocycles. The molecule has 1 aromatic heterocycles. The third kappa shape index (κ3) is 4.76. The van der Waals surface area contributed by atoms with Crippen molar-refractivity contribution < 1.29 is 23.9 Å². The number of carbonyl (C=O) groups excluding carboxylic acids is 4. The van der Waals surface area contributed by atoms with Crippen LogP contribution in [0, 0.1) is 6.92 Å². The minimum Gasteiger partial charge on any atom is -0.451 e. The quantitative estimate of drug-likeness (QED) is 0.292. The molecule has 2 heterocycles. The number of urea groups is 1. The summed E-state index contributed by atoms with van der Waals surface area (Å²) in [6.45, 7) is 2.37. The molecule has 2 N–H and O–H groups in total. The number of carbonyl (C=O) groups is 4. The van der Waals surface area contributed by atoms with E-state index < -0.39 is 36.0 Å². The Hall–Kier alpha value is -4.87. The van der Waals surface area contributed by atoms with E-state index in [1.807, 2.05) is 6.07 Å². The highest BCUT2D eigenvalue weighted by Crippen LogP contribution is 2.27. The van der Waals surface area contributed by atoms with E-state index in [4.69, 9.17) is 4.74 Å². The van der Waals surface area contributed by atoms with Crippen LogP contribution in [0.5, 0.6) is 0 Å². The van der Waals surface area contributed by atoms with E-state index in [0.29, 0.717) is 22.0 Å². The number of hydrazine groups is 1. The second-order valence-electron chi connectivity index (χ2n) is 7.75. The molecule has 178 valence electrons. The standard InChI is InChI=1S/C23H21N7O5/c1-15-25-27-28-29(15)18(13-16-9-5-3-6-10-16)20(32)35-14-19(31)26-30-21(33)23(2,24-22(30)34)17-11-7-4-8-12-17/h3-13H,14H2,1-2H3,(H,24,34)(H,26,31)/b18-13-/t23-/m1/s1. The van der Waals surface area contributed by atoms with Crippen LogP contribution in [0.25, 0.3) is 11.8 Å². The minimum atomic E-state index is -1.36. The van der Waals surface area contributed by atoms with E-state index in [0.717, 1.165) is 0 Å². The van der Waals surface area contributed by atoms with Crippen LogP contribution in [0.3, 0.4) is 0 Å². The van der Waals surface area contributed by atoms with Crippen molar-refractivity contribution in [3.63, 3.8) is 0 Å². The van der Waals surface area contributed by atoms with E-state index in [-0.39, 0.29) is 5.70 Å². The van der Waals surface area contributed by atoms with E-state index >= 15 is 0 Å². The number of aromatic nitrogens is 4. The van der Waals surface area contributed by atoms with Crippen molar-refractivity contribution >= 4 is 35.6 Å². The number of ether oxygens (including phenoxy) is 1. The van der Waals surface area contributed by atoms with Gasteiger partial charge in [0.05, 0.1) is 0 Å². The van der Waals surface area contributed by atoms with Gasteiger partial charge in [0, 0.05) is 0 Å². The zero-order valence-electron chi connectivity index (χ0n) is 18.8. The molecular formula is C23H21N7O5. The first kappa shape index (κ1) is 23.3. The van der Waals surface area contributed by atoms with Crippen molar-refractivity contribution in [1.82, 2.24) is 36.0 Å². The van der Waals surface area contributed by atoms with Gasteiger partial charge in [-0.3, -0.25) is 15.0 Å². The molecule has 0 radical (unpaired) electrons. The minimum absolute atomic E-state index is 0.0295. The van der Waals surface area contributed by atoms with Crippen molar-refractivity contribution in [3.8, 4) is 0 Å². The van der Waals surface area contributed by atoms with Crippen LogP contribution in [0.1, 0.15) is 23.9 Å². The van der Waals surface area contributed by atoms with Crippen molar-refractivity contribution in [2.75, 3.05) is 6.61 Å². The maximum atomic E-state index is 12.9. The van der Waals surface area contributed by atoms with Crippen molar-refractivity contribution in [3.05, 3.63) is 77.6 Å². The SMILES string of the molecule is Cc1nnnn1/C(=C\c1ccccc1)C(=O)OCC(=O)NN1C(=O)N[C@](C)(c2ccccc2)C1=O. The Morgan fingerprint density at radius 2 is 1.74 bits per heavy atom. The molecule has 1 saturated heterocycles. The van der Waals surface area contributed by atoms with Crippen molar-refractivity contribution in [2.45, 2.75) is 19.4 Å². The van der Waals surface area contributed by atoms with E-state index in [9.17, 15) is 19.2 Å². The van der Waals surface area contributed by atoms with Gasteiger partial charge >= 0.3 is 12.0 Å². The summed E-state index contributed by atoms with van der Waals surface area (Å²) in [7, 11) is 0. The topological polar surface area (TPSA) is 148 Å². The lowest BCUT2D eigenvalue weighted by atomic mass is 9.92. The normalized spacial score (nSPS) is 17.8. The molecule has 1 aliphatic heterocycles. The molecule has 12 heteroatoms. The summed E-state index contributed by atoms with van der Waals surface area (Å²) in [5.74, 6) is -2.12. The Kier molecular flexibility index (Phi) is 6.36. The van der Waals surface area contributed by atoms with Crippen LogP contribution in [-0.4, -0.2) is 55.6 Å². The van der Waals surface area contributed by atoms with Crippen LogP contribution in [0.15, 0.2) is 60.7 Å². The largest absolute Gasteiger partial charge is 0.451 e. The first-order valence-electron chi connectivity index (χ1n) is 10.5. The number of hydrogen-bond donors (Lipinski definition) is 2. The van der Waals surface area contributed by atoms with Gasteiger partial charge in [0.15, 0.2) is 18.1 Å². The highest BCUT2D eigenvalue weighted by Gasteiger charge is 2.50. The Morgan fingerprint density at radius 1 is 1.09 bits per heavy atom. The van der Waals surface area contributed by atoms with Gasteiger partial charge in [-0.05, 0) is 41.5 Å².